The summed E-state index contributed by atoms with van der Waals surface area (Å²) in [5, 5.41) is 19.1. The van der Waals surface area contributed by atoms with Crippen molar-refractivity contribution >= 4 is 12.3 Å². The Labute approximate surface area is 100 Å². The largest absolute Gasteiger partial charge is 0.480 e. The van der Waals surface area contributed by atoms with Gasteiger partial charge in [-0.25, -0.2) is 0 Å². The summed E-state index contributed by atoms with van der Waals surface area (Å²) in [6.07, 6.45) is 2.94. The molecule has 7 heteroatoms. The topological polar surface area (TPSA) is 139 Å². The third-order valence-electron chi connectivity index (χ3n) is 2.60. The molecule has 0 aromatic carbocycles. The van der Waals surface area contributed by atoms with Crippen molar-refractivity contribution in [3.05, 3.63) is 0 Å². The van der Waals surface area contributed by atoms with E-state index in [4.69, 9.17) is 21.7 Å². The molecule has 0 saturated carbocycles. The smallest absolute Gasteiger partial charge is 0.322 e. The van der Waals surface area contributed by atoms with Crippen molar-refractivity contribution in [1.82, 2.24) is 5.32 Å². The molecule has 0 aromatic rings. The van der Waals surface area contributed by atoms with Crippen LogP contribution in [0.3, 0.4) is 0 Å². The number of carbonyl (C=O) groups is 2. The molecule has 0 bridgehead atoms. The van der Waals surface area contributed by atoms with Crippen LogP contribution in [-0.2, 0) is 9.59 Å². The number of nitrogens with two attached hydrogens (primary N) is 2. The number of carbonyl (C=O) groups excluding carboxylic acids is 1. The Balaban J connectivity index is 0.000000325. The van der Waals surface area contributed by atoms with Crippen molar-refractivity contribution in [1.29, 1.82) is 0 Å². The van der Waals surface area contributed by atoms with E-state index in [0.29, 0.717) is 5.92 Å². The van der Waals surface area contributed by atoms with Crippen LogP contribution < -0.4 is 16.8 Å². The second kappa shape index (κ2) is 9.06. The van der Waals surface area contributed by atoms with Gasteiger partial charge in [-0.1, -0.05) is 0 Å². The van der Waals surface area contributed by atoms with Gasteiger partial charge < -0.3 is 31.8 Å². The molecule has 0 aromatic heterocycles. The summed E-state index contributed by atoms with van der Waals surface area (Å²) in [5.74, 6) is -0.763. The normalized spacial score (nSPS) is 19.7. The number of hydrogen-bond donors (Lipinski definition) is 5. The SMILES string of the molecule is NC(C=O)C1CCNCC1.N[C@@H](CO)C(=O)O. The molecule has 17 heavy (non-hydrogen) atoms. The number of carboxylic acid groups (broad SMARTS) is 1. The number of nitrogens with one attached hydrogen (secondary N) is 1. The summed E-state index contributed by atoms with van der Waals surface area (Å²) in [7, 11) is 0. The first-order chi connectivity index (χ1) is 8.02. The van der Waals surface area contributed by atoms with E-state index in [9.17, 15) is 9.59 Å². The van der Waals surface area contributed by atoms with E-state index in [-0.39, 0.29) is 6.04 Å². The van der Waals surface area contributed by atoms with Gasteiger partial charge in [0.05, 0.1) is 12.6 Å². The first kappa shape index (κ1) is 16.0. The molecule has 0 radical (unpaired) electrons. The van der Waals surface area contributed by atoms with Gasteiger partial charge in [-0.15, -0.1) is 0 Å². The van der Waals surface area contributed by atoms with Crippen LogP contribution in [0.15, 0.2) is 0 Å². The lowest BCUT2D eigenvalue weighted by Gasteiger charge is -2.24. The lowest BCUT2D eigenvalue weighted by atomic mass is 9.92. The molecule has 1 aliphatic heterocycles. The Kier molecular flexibility index (Phi) is 8.51. The fraction of sp³-hybridized carbons (Fsp3) is 0.800. The van der Waals surface area contributed by atoms with Gasteiger partial charge in [-0.2, -0.15) is 0 Å². The molecule has 1 rings (SSSR count). The number of carboxylic acids is 1. The van der Waals surface area contributed by atoms with Crippen molar-refractivity contribution in [3.8, 4) is 0 Å². The summed E-state index contributed by atoms with van der Waals surface area (Å²) in [6.45, 7) is 1.51. The maximum atomic E-state index is 10.3. The Morgan fingerprint density at radius 2 is 1.94 bits per heavy atom. The van der Waals surface area contributed by atoms with Crippen LogP contribution in [0.25, 0.3) is 0 Å². The average Bonchev–Trinajstić information content (AvgIpc) is 2.38. The molecule has 1 aliphatic rings. The molecule has 7 N–H and O–H groups in total. The molecule has 2 atom stereocenters. The van der Waals surface area contributed by atoms with E-state index < -0.39 is 18.6 Å². The molecule has 0 aliphatic carbocycles. The predicted octanol–water partition coefficient (Wildman–Crippen LogP) is -2.10. The predicted molar refractivity (Wildman–Crippen MR) is 62.3 cm³/mol. The van der Waals surface area contributed by atoms with Crippen molar-refractivity contribution in [2.45, 2.75) is 24.9 Å². The lowest BCUT2D eigenvalue weighted by molar-refractivity contribution is -0.139. The van der Waals surface area contributed by atoms with Crippen LogP contribution in [0.4, 0.5) is 0 Å². The maximum Gasteiger partial charge on any atom is 0.322 e. The van der Waals surface area contributed by atoms with Crippen LogP contribution in [0.1, 0.15) is 12.8 Å². The second-order valence-corrected chi connectivity index (χ2v) is 3.93. The molecule has 7 nitrogen and oxygen atoms in total. The van der Waals surface area contributed by atoms with E-state index in [0.717, 1.165) is 32.2 Å². The van der Waals surface area contributed by atoms with E-state index in [2.05, 4.69) is 5.32 Å². The molecule has 0 amide bonds. The number of aliphatic carboxylic acids is 1. The van der Waals surface area contributed by atoms with E-state index >= 15 is 0 Å². The summed E-state index contributed by atoms with van der Waals surface area (Å²) in [4.78, 5) is 19.9. The van der Waals surface area contributed by atoms with Gasteiger partial charge in [0.1, 0.15) is 12.3 Å². The molecular formula is C10H21N3O4. The zero-order valence-corrected chi connectivity index (χ0v) is 9.71. The van der Waals surface area contributed by atoms with Crippen LogP contribution >= 0.6 is 0 Å². The van der Waals surface area contributed by atoms with E-state index in [1.165, 1.54) is 0 Å². The zero-order valence-electron chi connectivity index (χ0n) is 9.71. The Hall–Kier alpha value is -1.02. The first-order valence-corrected chi connectivity index (χ1v) is 5.53. The number of aliphatic hydroxyl groups is 1. The number of aldehydes is 1. The molecule has 1 heterocycles. The quantitative estimate of drug-likeness (QED) is 0.359. The first-order valence-electron chi connectivity index (χ1n) is 5.53. The standard InChI is InChI=1S/C7H14N2O.C3H7NO3/c8-7(5-10)6-1-3-9-4-2-6;4-2(1-5)3(6)7/h5-7,9H,1-4,8H2;2,5H,1,4H2,(H,6,7)/t;2-/m.0/s1. The molecule has 1 saturated heterocycles. The highest BCUT2D eigenvalue weighted by atomic mass is 16.4. The minimum absolute atomic E-state index is 0.234. The number of piperidine rings is 1. The third kappa shape index (κ3) is 7.01. The lowest BCUT2D eigenvalue weighted by Crippen LogP contribution is -2.39. The fourth-order valence-electron chi connectivity index (χ4n) is 1.42. The van der Waals surface area contributed by atoms with Crippen molar-refractivity contribution in [3.63, 3.8) is 0 Å². The summed E-state index contributed by atoms with van der Waals surface area (Å²) >= 11 is 0. The minimum atomic E-state index is -1.18. The Morgan fingerprint density at radius 3 is 2.24 bits per heavy atom. The van der Waals surface area contributed by atoms with Gasteiger partial charge >= 0.3 is 5.97 Å². The van der Waals surface area contributed by atoms with Crippen LogP contribution in [-0.4, -0.2) is 54.2 Å². The van der Waals surface area contributed by atoms with Gasteiger partial charge in [0.15, 0.2) is 0 Å². The maximum absolute atomic E-state index is 10.3. The summed E-state index contributed by atoms with van der Waals surface area (Å²) in [6, 6.07) is -1.36. The Morgan fingerprint density at radius 1 is 1.41 bits per heavy atom. The minimum Gasteiger partial charge on any atom is -0.480 e. The summed E-state index contributed by atoms with van der Waals surface area (Å²) in [5.41, 5.74) is 10.3. The van der Waals surface area contributed by atoms with Gasteiger partial charge in [0.2, 0.25) is 0 Å². The highest BCUT2D eigenvalue weighted by Gasteiger charge is 2.18. The fourth-order valence-corrected chi connectivity index (χ4v) is 1.42. The van der Waals surface area contributed by atoms with Crippen molar-refractivity contribution in [2.24, 2.45) is 17.4 Å². The molecule has 100 valence electrons. The zero-order chi connectivity index (χ0) is 13.3. The highest BCUT2D eigenvalue weighted by Crippen LogP contribution is 2.12. The number of hydrogen-bond acceptors (Lipinski definition) is 6. The van der Waals surface area contributed by atoms with Crippen LogP contribution in [0.2, 0.25) is 0 Å². The Bertz CT molecular complexity index is 232. The van der Waals surface area contributed by atoms with Gasteiger partial charge in [-0.05, 0) is 31.8 Å². The molecular weight excluding hydrogens is 226 g/mol. The second-order valence-electron chi connectivity index (χ2n) is 3.93. The summed E-state index contributed by atoms with van der Waals surface area (Å²) < 4.78 is 0. The molecule has 1 fully saturated rings. The number of aliphatic hydroxyl groups excluding tert-OH is 1. The highest BCUT2D eigenvalue weighted by molar-refractivity contribution is 5.73. The molecule has 1 unspecified atom stereocenters. The van der Waals surface area contributed by atoms with Gasteiger partial charge in [-0.3, -0.25) is 4.79 Å². The monoisotopic (exact) mass is 247 g/mol. The van der Waals surface area contributed by atoms with E-state index in [1.807, 2.05) is 0 Å². The molecule has 0 spiro atoms. The van der Waals surface area contributed by atoms with Gasteiger partial charge in [0.25, 0.3) is 0 Å². The van der Waals surface area contributed by atoms with Gasteiger partial charge in [0, 0.05) is 0 Å². The number of rotatable bonds is 4. The van der Waals surface area contributed by atoms with Crippen molar-refractivity contribution < 1.29 is 19.8 Å². The average molecular weight is 247 g/mol. The van der Waals surface area contributed by atoms with Crippen molar-refractivity contribution in [2.75, 3.05) is 19.7 Å². The van der Waals surface area contributed by atoms with E-state index in [1.54, 1.807) is 0 Å². The van der Waals surface area contributed by atoms with Crippen LogP contribution in [0.5, 0.6) is 0 Å². The third-order valence-corrected chi connectivity index (χ3v) is 2.60. The van der Waals surface area contributed by atoms with Crippen LogP contribution in [0, 0.1) is 5.92 Å².